The average molecular weight is 690 g/mol. The van der Waals surface area contributed by atoms with E-state index < -0.39 is 13.5 Å². The highest BCUT2D eigenvalue weighted by Crippen LogP contribution is 2.50. The van der Waals surface area contributed by atoms with Crippen LogP contribution in [-0.4, -0.2) is 41.3 Å². The molecule has 1 amide bonds. The van der Waals surface area contributed by atoms with Crippen molar-refractivity contribution in [3.8, 4) is 11.5 Å². The molecule has 2 aromatic carbocycles. The Bertz CT molecular complexity index is 1170. The highest BCUT2D eigenvalue weighted by atomic mass is 31.2. The summed E-state index contributed by atoms with van der Waals surface area (Å²) in [5, 5.41) is 9.86. The summed E-state index contributed by atoms with van der Waals surface area (Å²) in [7, 11) is -2.44. The molecule has 0 spiro atoms. The molecule has 0 aliphatic carbocycles. The number of carbonyl (C=O) groups is 3. The van der Waals surface area contributed by atoms with Crippen LogP contribution >= 0.6 is 7.60 Å². The van der Waals surface area contributed by atoms with Crippen LogP contribution in [0, 0.1) is 0 Å². The molecule has 2 rings (SSSR count). The second-order valence-electron chi connectivity index (χ2n) is 12.2. The molecule has 0 radical (unpaired) electrons. The number of rotatable bonds is 26. The first-order chi connectivity index (χ1) is 23.1. The van der Waals surface area contributed by atoms with Gasteiger partial charge in [0, 0.05) is 26.3 Å². The minimum absolute atomic E-state index is 0.0232. The van der Waals surface area contributed by atoms with Crippen LogP contribution in [-0.2, 0) is 41.2 Å². The molecule has 0 aliphatic heterocycles. The van der Waals surface area contributed by atoms with Gasteiger partial charge in [-0.25, -0.2) is 5.06 Å². The maximum atomic E-state index is 13.7. The summed E-state index contributed by atoms with van der Waals surface area (Å²) in [6.45, 7) is 4.30. The van der Waals surface area contributed by atoms with Gasteiger partial charge in [-0.05, 0) is 54.7 Å². The van der Waals surface area contributed by atoms with E-state index in [0.717, 1.165) is 38.5 Å². The Hall–Kier alpha value is -3.04. The molecule has 1 N–H and O–H groups in total. The molecular weight excluding hydrogens is 633 g/mol. The first kappa shape index (κ1) is 41.1. The van der Waals surface area contributed by atoms with Crippen molar-refractivity contribution < 1.29 is 42.7 Å². The zero-order chi connectivity index (χ0) is 35.0. The number of carbonyl (C=O) groups excluding carboxylic acids is 3. The van der Waals surface area contributed by atoms with Crippen LogP contribution in [0.15, 0.2) is 48.5 Å². The summed E-state index contributed by atoms with van der Waals surface area (Å²) < 4.78 is 36.2. The van der Waals surface area contributed by atoms with Crippen molar-refractivity contribution in [2.24, 2.45) is 0 Å². The summed E-state index contributed by atoms with van der Waals surface area (Å²) in [6.07, 6.45) is 14.0. The van der Waals surface area contributed by atoms with Crippen LogP contribution in [0.3, 0.4) is 0 Å². The van der Waals surface area contributed by atoms with Crippen molar-refractivity contribution in [2.45, 2.75) is 130 Å². The van der Waals surface area contributed by atoms with Gasteiger partial charge in [0.05, 0.1) is 19.4 Å². The molecule has 2 aromatic rings. The van der Waals surface area contributed by atoms with Crippen LogP contribution in [0.5, 0.6) is 11.5 Å². The number of hydrogen-bond donors (Lipinski definition) is 1. The van der Waals surface area contributed by atoms with E-state index in [4.69, 9.17) is 18.5 Å². The summed E-state index contributed by atoms with van der Waals surface area (Å²) in [4.78, 5) is 36.3. The quantitative estimate of drug-likeness (QED) is 0.0256. The molecular formula is C37H56NO9P. The minimum atomic E-state index is -3.67. The van der Waals surface area contributed by atoms with Gasteiger partial charge in [-0.2, -0.15) is 0 Å². The van der Waals surface area contributed by atoms with Crippen molar-refractivity contribution in [1.29, 1.82) is 0 Å². The second-order valence-corrected chi connectivity index (χ2v) is 14.4. The summed E-state index contributed by atoms with van der Waals surface area (Å²) in [5.41, 5.74) is 1.40. The second kappa shape index (κ2) is 24.2. The van der Waals surface area contributed by atoms with E-state index in [9.17, 15) is 24.2 Å². The summed E-state index contributed by atoms with van der Waals surface area (Å²) >= 11 is 0. The molecule has 11 heteroatoms. The first-order valence-electron chi connectivity index (χ1n) is 17.6. The van der Waals surface area contributed by atoms with Crippen LogP contribution < -0.4 is 9.47 Å². The third-order valence-corrected chi connectivity index (χ3v) is 9.73. The first-order valence-corrected chi connectivity index (χ1v) is 19.3. The SMILES string of the molecule is CCCCCCCCC(=O)Oc1ccc(COP(=O)(CCCC(=O)N(C)O)OCc2ccc(OC(=O)CCCCCCCC)cc2)cc1. The normalized spacial score (nSPS) is 11.3. The molecule has 0 heterocycles. The van der Waals surface area contributed by atoms with E-state index >= 15 is 0 Å². The largest absolute Gasteiger partial charge is 0.427 e. The van der Waals surface area contributed by atoms with Gasteiger partial charge in [0.25, 0.3) is 0 Å². The van der Waals surface area contributed by atoms with Crippen LogP contribution in [0.1, 0.15) is 128 Å². The monoisotopic (exact) mass is 689 g/mol. The molecule has 0 saturated heterocycles. The third-order valence-electron chi connectivity index (χ3n) is 7.82. The number of amides is 1. The molecule has 0 saturated carbocycles. The molecule has 0 aliphatic rings. The molecule has 268 valence electrons. The number of ether oxygens (including phenoxy) is 2. The smallest absolute Gasteiger partial charge is 0.331 e. The Labute approximate surface area is 287 Å². The van der Waals surface area contributed by atoms with Gasteiger partial charge in [0.1, 0.15) is 11.5 Å². The Morgan fingerprint density at radius 1 is 0.604 bits per heavy atom. The molecule has 48 heavy (non-hydrogen) atoms. The minimum Gasteiger partial charge on any atom is -0.427 e. The van der Waals surface area contributed by atoms with Crippen LogP contribution in [0.2, 0.25) is 0 Å². The van der Waals surface area contributed by atoms with Gasteiger partial charge < -0.3 is 18.5 Å². The number of benzene rings is 2. The zero-order valence-electron chi connectivity index (χ0n) is 29.2. The Balaban J connectivity index is 1.88. The Kier molecular flexibility index (Phi) is 20.7. The van der Waals surface area contributed by atoms with Gasteiger partial charge in [-0.1, -0.05) is 102 Å². The number of esters is 2. The molecule has 0 unspecified atom stereocenters. The Morgan fingerprint density at radius 2 is 1.00 bits per heavy atom. The van der Waals surface area contributed by atoms with Gasteiger partial charge in [0.15, 0.2) is 0 Å². The Morgan fingerprint density at radius 3 is 1.40 bits per heavy atom. The number of hydroxylamine groups is 2. The molecule has 0 aromatic heterocycles. The average Bonchev–Trinajstić information content (AvgIpc) is 3.07. The molecule has 10 nitrogen and oxygen atoms in total. The fraction of sp³-hybridized carbons (Fsp3) is 0.595. The van der Waals surface area contributed by atoms with Crippen molar-refractivity contribution in [3.63, 3.8) is 0 Å². The summed E-state index contributed by atoms with van der Waals surface area (Å²) in [5.74, 6) is -0.191. The highest BCUT2D eigenvalue weighted by molar-refractivity contribution is 7.53. The van der Waals surface area contributed by atoms with Crippen molar-refractivity contribution in [1.82, 2.24) is 5.06 Å². The predicted molar refractivity (Wildman–Crippen MR) is 186 cm³/mol. The van der Waals surface area contributed by atoms with E-state index in [1.165, 1.54) is 45.6 Å². The lowest BCUT2D eigenvalue weighted by Crippen LogP contribution is -2.22. The number of hydrogen-bond acceptors (Lipinski definition) is 9. The molecule has 0 bridgehead atoms. The van der Waals surface area contributed by atoms with E-state index in [-0.39, 0.29) is 44.2 Å². The van der Waals surface area contributed by atoms with Crippen molar-refractivity contribution in [3.05, 3.63) is 59.7 Å². The molecule has 0 atom stereocenters. The van der Waals surface area contributed by atoms with Gasteiger partial charge in [-0.3, -0.25) is 24.2 Å². The van der Waals surface area contributed by atoms with Gasteiger partial charge in [0.2, 0.25) is 5.91 Å². The highest BCUT2D eigenvalue weighted by Gasteiger charge is 2.26. The third kappa shape index (κ3) is 18.5. The number of nitrogens with zero attached hydrogens (tertiary/aromatic N) is 1. The van der Waals surface area contributed by atoms with Crippen molar-refractivity contribution >= 4 is 25.4 Å². The van der Waals surface area contributed by atoms with E-state index in [1.54, 1.807) is 48.5 Å². The lowest BCUT2D eigenvalue weighted by Gasteiger charge is -2.19. The van der Waals surface area contributed by atoms with E-state index in [1.807, 2.05) is 0 Å². The topological polar surface area (TPSA) is 129 Å². The number of unbranched alkanes of at least 4 members (excludes halogenated alkanes) is 10. The van der Waals surface area contributed by atoms with Crippen molar-refractivity contribution in [2.75, 3.05) is 13.2 Å². The fourth-order valence-electron chi connectivity index (χ4n) is 4.87. The lowest BCUT2D eigenvalue weighted by atomic mass is 10.1. The van der Waals surface area contributed by atoms with E-state index in [2.05, 4.69) is 13.8 Å². The maximum Gasteiger partial charge on any atom is 0.331 e. The predicted octanol–water partition coefficient (Wildman–Crippen LogP) is 9.55. The zero-order valence-corrected chi connectivity index (χ0v) is 30.1. The van der Waals surface area contributed by atoms with Gasteiger partial charge in [-0.15, -0.1) is 0 Å². The lowest BCUT2D eigenvalue weighted by molar-refractivity contribution is -0.159. The fourth-order valence-corrected chi connectivity index (χ4v) is 6.44. The standard InChI is InChI=1S/C37H56NO9P/c1-4-6-8-10-12-14-18-36(40)46-33-24-20-31(21-25-33)29-44-48(43,28-16-17-35(39)38(3)42)45-30-32-22-26-34(27-23-32)47-37(41)19-15-13-11-9-7-5-2/h20-27,42H,4-19,28-30H2,1-3H3. The maximum absolute atomic E-state index is 13.7. The molecule has 0 fully saturated rings. The summed E-state index contributed by atoms with van der Waals surface area (Å²) in [6, 6.07) is 13.6. The van der Waals surface area contributed by atoms with Crippen LogP contribution in [0.4, 0.5) is 0 Å². The van der Waals surface area contributed by atoms with E-state index in [0.29, 0.717) is 40.5 Å². The van der Waals surface area contributed by atoms with Gasteiger partial charge >= 0.3 is 19.5 Å². The van der Waals surface area contributed by atoms with Crippen LogP contribution in [0.25, 0.3) is 0 Å².